The van der Waals surface area contributed by atoms with Crippen LogP contribution in [0.1, 0.15) is 5.56 Å². The zero-order valence-electron chi connectivity index (χ0n) is 7.81. The standard InChI is InChI=1S/C10H11ClFNO/c1-13-6-8(14)5-7-3-2-4-9(11)10(7)12/h2-4,13H,5-6H2,1H3. The number of rotatable bonds is 4. The maximum Gasteiger partial charge on any atom is 0.151 e. The van der Waals surface area contributed by atoms with E-state index in [1.54, 1.807) is 19.2 Å². The predicted octanol–water partition coefficient (Wildman–Crippen LogP) is 1.81. The van der Waals surface area contributed by atoms with Crippen LogP contribution in [0, 0.1) is 5.82 Å². The summed E-state index contributed by atoms with van der Waals surface area (Å²) in [7, 11) is 1.67. The molecule has 0 aliphatic rings. The van der Waals surface area contributed by atoms with Crippen molar-refractivity contribution in [2.24, 2.45) is 0 Å². The molecular formula is C10H11ClFNO. The smallest absolute Gasteiger partial charge is 0.151 e. The van der Waals surface area contributed by atoms with Gasteiger partial charge in [0.2, 0.25) is 0 Å². The van der Waals surface area contributed by atoms with Gasteiger partial charge in [-0.15, -0.1) is 0 Å². The number of ketones is 1. The number of Topliss-reactive ketones (excluding diaryl/α,β-unsaturated/α-hetero) is 1. The maximum atomic E-state index is 13.3. The van der Waals surface area contributed by atoms with Crippen molar-refractivity contribution >= 4 is 17.4 Å². The first-order chi connectivity index (χ1) is 6.65. The van der Waals surface area contributed by atoms with Gasteiger partial charge in [0.15, 0.2) is 5.78 Å². The molecule has 76 valence electrons. The second-order valence-electron chi connectivity index (χ2n) is 2.96. The van der Waals surface area contributed by atoms with Gasteiger partial charge in [-0.25, -0.2) is 4.39 Å². The minimum Gasteiger partial charge on any atom is -0.313 e. The van der Waals surface area contributed by atoms with Gasteiger partial charge in [0.05, 0.1) is 11.6 Å². The van der Waals surface area contributed by atoms with Crippen LogP contribution in [0.15, 0.2) is 18.2 Å². The van der Waals surface area contributed by atoms with Crippen molar-refractivity contribution in [2.45, 2.75) is 6.42 Å². The van der Waals surface area contributed by atoms with Gasteiger partial charge in [0.1, 0.15) is 5.82 Å². The average Bonchev–Trinajstić information content (AvgIpc) is 2.13. The molecule has 0 fully saturated rings. The van der Waals surface area contributed by atoms with Crippen LogP contribution in [-0.4, -0.2) is 19.4 Å². The van der Waals surface area contributed by atoms with Crippen LogP contribution < -0.4 is 5.32 Å². The Morgan fingerprint density at radius 3 is 2.93 bits per heavy atom. The molecule has 4 heteroatoms. The molecule has 2 nitrogen and oxygen atoms in total. The summed E-state index contributed by atoms with van der Waals surface area (Å²) in [6.45, 7) is 0.242. The van der Waals surface area contributed by atoms with E-state index >= 15 is 0 Å². The van der Waals surface area contributed by atoms with Crippen molar-refractivity contribution in [3.8, 4) is 0 Å². The lowest BCUT2D eigenvalue weighted by Crippen LogP contribution is -2.20. The van der Waals surface area contributed by atoms with Gasteiger partial charge in [-0.05, 0) is 18.7 Å². The van der Waals surface area contributed by atoms with Gasteiger partial charge in [0.25, 0.3) is 0 Å². The molecule has 1 N–H and O–H groups in total. The van der Waals surface area contributed by atoms with Crippen molar-refractivity contribution < 1.29 is 9.18 Å². The number of benzene rings is 1. The Kier molecular flexibility index (Phi) is 4.04. The lowest BCUT2D eigenvalue weighted by atomic mass is 10.1. The van der Waals surface area contributed by atoms with Crippen LogP contribution in [0.2, 0.25) is 5.02 Å². The van der Waals surface area contributed by atoms with Crippen molar-refractivity contribution in [2.75, 3.05) is 13.6 Å². The van der Waals surface area contributed by atoms with Crippen LogP contribution in [0.5, 0.6) is 0 Å². The third-order valence-corrected chi connectivity index (χ3v) is 2.09. The largest absolute Gasteiger partial charge is 0.313 e. The number of carbonyl (C=O) groups excluding carboxylic acids is 1. The summed E-state index contributed by atoms with van der Waals surface area (Å²) in [6.07, 6.45) is 0.0766. The Morgan fingerprint density at radius 1 is 1.57 bits per heavy atom. The normalized spacial score (nSPS) is 10.2. The highest BCUT2D eigenvalue weighted by Gasteiger charge is 2.09. The van der Waals surface area contributed by atoms with Crippen molar-refractivity contribution in [1.29, 1.82) is 0 Å². The fourth-order valence-electron chi connectivity index (χ4n) is 1.16. The summed E-state index contributed by atoms with van der Waals surface area (Å²) in [5.41, 5.74) is 0.345. The van der Waals surface area contributed by atoms with E-state index in [-0.39, 0.29) is 23.8 Å². The number of halogens is 2. The Balaban J connectivity index is 2.76. The highest BCUT2D eigenvalue weighted by Crippen LogP contribution is 2.18. The third-order valence-electron chi connectivity index (χ3n) is 1.79. The first kappa shape index (κ1) is 11.1. The van der Waals surface area contributed by atoms with E-state index in [1.807, 2.05) is 0 Å². The molecule has 1 aromatic rings. The van der Waals surface area contributed by atoms with Gasteiger partial charge < -0.3 is 5.32 Å². The molecule has 14 heavy (non-hydrogen) atoms. The molecular weight excluding hydrogens is 205 g/mol. The Morgan fingerprint density at radius 2 is 2.29 bits per heavy atom. The summed E-state index contributed by atoms with van der Waals surface area (Å²) < 4.78 is 13.3. The second kappa shape index (κ2) is 5.08. The molecule has 0 spiro atoms. The molecule has 0 aliphatic heterocycles. The molecule has 0 unspecified atom stereocenters. The fraction of sp³-hybridized carbons (Fsp3) is 0.300. The zero-order chi connectivity index (χ0) is 10.6. The number of hydrogen-bond donors (Lipinski definition) is 1. The van der Waals surface area contributed by atoms with Crippen molar-refractivity contribution in [3.63, 3.8) is 0 Å². The Bertz CT molecular complexity index is 341. The van der Waals surface area contributed by atoms with E-state index in [4.69, 9.17) is 11.6 Å². The van der Waals surface area contributed by atoms with E-state index < -0.39 is 5.82 Å². The third kappa shape index (κ3) is 2.79. The van der Waals surface area contributed by atoms with Gasteiger partial charge >= 0.3 is 0 Å². The number of carbonyl (C=O) groups is 1. The monoisotopic (exact) mass is 215 g/mol. The minimum atomic E-state index is -0.501. The van der Waals surface area contributed by atoms with Gasteiger partial charge in [-0.1, -0.05) is 23.7 Å². The van der Waals surface area contributed by atoms with E-state index in [9.17, 15) is 9.18 Å². The zero-order valence-corrected chi connectivity index (χ0v) is 8.57. The molecule has 0 saturated heterocycles. The molecule has 0 bridgehead atoms. The molecule has 0 aliphatic carbocycles. The summed E-state index contributed by atoms with van der Waals surface area (Å²) in [5.74, 6) is -0.563. The van der Waals surface area contributed by atoms with E-state index in [0.29, 0.717) is 5.56 Å². The SMILES string of the molecule is CNCC(=O)Cc1cccc(Cl)c1F. The van der Waals surface area contributed by atoms with Gasteiger partial charge in [-0.2, -0.15) is 0 Å². The van der Waals surface area contributed by atoms with Crippen LogP contribution in [0.3, 0.4) is 0 Å². The Labute approximate surface area is 87.1 Å². The summed E-state index contributed by atoms with van der Waals surface area (Å²) in [5, 5.41) is 2.77. The topological polar surface area (TPSA) is 29.1 Å². The molecule has 0 aromatic heterocycles. The first-order valence-corrected chi connectivity index (χ1v) is 4.62. The van der Waals surface area contributed by atoms with Crippen molar-refractivity contribution in [3.05, 3.63) is 34.6 Å². The summed E-state index contributed by atoms with van der Waals surface area (Å²) in [6, 6.07) is 4.66. The van der Waals surface area contributed by atoms with Crippen molar-refractivity contribution in [1.82, 2.24) is 5.32 Å². The molecule has 1 aromatic carbocycles. The molecule has 0 radical (unpaired) electrons. The van der Waals surface area contributed by atoms with E-state index in [1.165, 1.54) is 6.07 Å². The van der Waals surface area contributed by atoms with E-state index in [0.717, 1.165) is 0 Å². The van der Waals surface area contributed by atoms with Crippen LogP contribution >= 0.6 is 11.6 Å². The summed E-state index contributed by atoms with van der Waals surface area (Å²) >= 11 is 5.57. The lowest BCUT2D eigenvalue weighted by molar-refractivity contribution is -0.117. The fourth-order valence-corrected chi connectivity index (χ4v) is 1.35. The van der Waals surface area contributed by atoms with Crippen LogP contribution in [0.4, 0.5) is 4.39 Å². The van der Waals surface area contributed by atoms with Crippen LogP contribution in [-0.2, 0) is 11.2 Å². The molecule has 0 atom stereocenters. The number of likely N-dealkylation sites (N-methyl/N-ethyl adjacent to an activating group) is 1. The highest BCUT2D eigenvalue weighted by molar-refractivity contribution is 6.30. The maximum absolute atomic E-state index is 13.3. The lowest BCUT2D eigenvalue weighted by Gasteiger charge is -2.03. The quantitative estimate of drug-likeness (QED) is 0.830. The average molecular weight is 216 g/mol. The number of nitrogens with one attached hydrogen (secondary N) is 1. The van der Waals surface area contributed by atoms with Gasteiger partial charge in [-0.3, -0.25) is 4.79 Å². The molecule has 0 saturated carbocycles. The first-order valence-electron chi connectivity index (χ1n) is 4.24. The second-order valence-corrected chi connectivity index (χ2v) is 3.37. The van der Waals surface area contributed by atoms with Crippen LogP contribution in [0.25, 0.3) is 0 Å². The summed E-state index contributed by atoms with van der Waals surface area (Å²) in [4.78, 5) is 11.2. The highest BCUT2D eigenvalue weighted by atomic mass is 35.5. The van der Waals surface area contributed by atoms with Gasteiger partial charge in [0, 0.05) is 6.42 Å². The number of hydrogen-bond acceptors (Lipinski definition) is 2. The predicted molar refractivity (Wildman–Crippen MR) is 54.0 cm³/mol. The van der Waals surface area contributed by atoms with E-state index in [2.05, 4.69) is 5.32 Å². The molecule has 0 amide bonds. The molecule has 1 rings (SSSR count). The Hall–Kier alpha value is -0.930. The molecule has 0 heterocycles. The minimum absolute atomic E-state index is 0.0553.